The highest BCUT2D eigenvalue weighted by molar-refractivity contribution is 6.43. The van der Waals surface area contributed by atoms with Gasteiger partial charge in [0.1, 0.15) is 5.75 Å². The quantitative estimate of drug-likeness (QED) is 0.212. The third-order valence-electron chi connectivity index (χ3n) is 9.09. The van der Waals surface area contributed by atoms with Crippen LogP contribution in [0.1, 0.15) is 45.6 Å². The van der Waals surface area contributed by atoms with Crippen LogP contribution in [0.2, 0.25) is 6.32 Å². The molecular formula is C34H36BNO5. The predicted octanol–water partition coefficient (Wildman–Crippen LogP) is 6.39. The summed E-state index contributed by atoms with van der Waals surface area (Å²) < 4.78 is 6.17. The standard InChI is InChI=1S/C34H36BNO5/c1-20(2)26-18-27-32(34(39)36(33(27)38)23-9-5-4-6-10-23)28-19-35(40)41-30(31(26)28)16-13-21(3)17-22-14-15-29(37)25-12-8-7-11-24(22)25/h4-12,14-15,17,20,27-28,30,32,37,40H,13,16,18-19H2,1-3H3/b21-17+/t27-,28+,30-,32-/m1/s1. The van der Waals surface area contributed by atoms with Crippen molar-refractivity contribution in [1.29, 1.82) is 0 Å². The van der Waals surface area contributed by atoms with Crippen molar-refractivity contribution in [2.45, 2.75) is 52.5 Å². The molecule has 2 aliphatic heterocycles. The summed E-state index contributed by atoms with van der Waals surface area (Å²) in [5.74, 6) is -0.967. The fourth-order valence-corrected chi connectivity index (χ4v) is 7.21. The maximum absolute atomic E-state index is 13.8. The van der Waals surface area contributed by atoms with Gasteiger partial charge in [-0.15, -0.1) is 0 Å². The molecule has 2 amide bonds. The minimum Gasteiger partial charge on any atom is -0.507 e. The largest absolute Gasteiger partial charge is 0.507 e. The van der Waals surface area contributed by atoms with Crippen LogP contribution in [0.25, 0.3) is 16.8 Å². The van der Waals surface area contributed by atoms with Gasteiger partial charge in [0.2, 0.25) is 11.8 Å². The number of imide groups is 1. The SMILES string of the molecule is C/C(=C\c1ccc(O)c2ccccc12)CC[C@H]1OB(O)C[C@H]2C1=C(C(C)C)C[C@H]1C(=O)N(c3ccccc3)C(=O)[C@H]12. The Morgan fingerprint density at radius 2 is 1.71 bits per heavy atom. The molecule has 0 saturated carbocycles. The predicted molar refractivity (Wildman–Crippen MR) is 162 cm³/mol. The summed E-state index contributed by atoms with van der Waals surface area (Å²) in [5, 5.41) is 22.9. The molecule has 0 aromatic heterocycles. The van der Waals surface area contributed by atoms with E-state index in [1.807, 2.05) is 48.5 Å². The molecule has 2 saturated heterocycles. The lowest BCUT2D eigenvalue weighted by molar-refractivity contribution is -0.122. The lowest BCUT2D eigenvalue weighted by Gasteiger charge is -2.44. The van der Waals surface area contributed by atoms with E-state index in [1.54, 1.807) is 18.2 Å². The van der Waals surface area contributed by atoms with Gasteiger partial charge >= 0.3 is 7.12 Å². The summed E-state index contributed by atoms with van der Waals surface area (Å²) in [6, 6.07) is 20.6. The molecule has 3 aliphatic rings. The molecular weight excluding hydrogens is 513 g/mol. The molecule has 1 aliphatic carbocycles. The van der Waals surface area contributed by atoms with Crippen molar-refractivity contribution in [2.75, 3.05) is 4.90 Å². The van der Waals surface area contributed by atoms with E-state index < -0.39 is 19.0 Å². The summed E-state index contributed by atoms with van der Waals surface area (Å²) in [7, 11) is -0.986. The van der Waals surface area contributed by atoms with E-state index in [2.05, 4.69) is 26.8 Å². The zero-order valence-corrected chi connectivity index (χ0v) is 23.8. The monoisotopic (exact) mass is 549 g/mol. The van der Waals surface area contributed by atoms with Gasteiger partial charge in [0.15, 0.2) is 0 Å². The summed E-state index contributed by atoms with van der Waals surface area (Å²) in [4.78, 5) is 28.8. The number of rotatable bonds is 6. The van der Waals surface area contributed by atoms with Crippen LogP contribution in [0, 0.1) is 23.7 Å². The smallest absolute Gasteiger partial charge is 0.455 e. The first-order chi connectivity index (χ1) is 19.7. The number of benzene rings is 3. The second-order valence-electron chi connectivity index (χ2n) is 12.0. The van der Waals surface area contributed by atoms with E-state index in [-0.39, 0.29) is 35.5 Å². The maximum Gasteiger partial charge on any atom is 0.455 e. The molecule has 3 aromatic carbocycles. The molecule has 0 unspecified atom stereocenters. The minimum absolute atomic E-state index is 0.138. The highest BCUT2D eigenvalue weighted by atomic mass is 16.5. The topological polar surface area (TPSA) is 87.1 Å². The van der Waals surface area contributed by atoms with Gasteiger partial charge in [0.05, 0.1) is 23.6 Å². The zero-order chi connectivity index (χ0) is 28.8. The first-order valence-corrected chi connectivity index (χ1v) is 14.6. The number of phenolic OH excluding ortho intramolecular Hbond substituents is 1. The highest BCUT2D eigenvalue weighted by Gasteiger charge is 2.57. The number of aromatic hydroxyl groups is 1. The van der Waals surface area contributed by atoms with Crippen molar-refractivity contribution < 1.29 is 24.4 Å². The molecule has 7 heteroatoms. The number of allylic oxidation sites excluding steroid dienone is 2. The lowest BCUT2D eigenvalue weighted by atomic mass is 9.57. The van der Waals surface area contributed by atoms with Gasteiger partial charge < -0.3 is 14.8 Å². The van der Waals surface area contributed by atoms with Gasteiger partial charge in [0, 0.05) is 5.39 Å². The molecule has 0 spiro atoms. The maximum atomic E-state index is 13.8. The van der Waals surface area contributed by atoms with Crippen molar-refractivity contribution >= 4 is 41.5 Å². The van der Waals surface area contributed by atoms with Crippen molar-refractivity contribution in [3.63, 3.8) is 0 Å². The van der Waals surface area contributed by atoms with E-state index in [0.717, 1.165) is 33.9 Å². The zero-order valence-electron chi connectivity index (χ0n) is 23.8. The van der Waals surface area contributed by atoms with E-state index >= 15 is 0 Å². The van der Waals surface area contributed by atoms with Gasteiger partial charge in [-0.05, 0) is 79.1 Å². The Labute approximate surface area is 241 Å². The van der Waals surface area contributed by atoms with Crippen molar-refractivity contribution in [3.8, 4) is 5.75 Å². The van der Waals surface area contributed by atoms with Crippen LogP contribution in [-0.4, -0.2) is 35.2 Å². The van der Waals surface area contributed by atoms with Crippen LogP contribution in [0.4, 0.5) is 5.69 Å². The van der Waals surface area contributed by atoms with Crippen molar-refractivity contribution in [3.05, 3.63) is 89.0 Å². The molecule has 210 valence electrons. The van der Waals surface area contributed by atoms with E-state index in [4.69, 9.17) is 4.65 Å². The number of carbonyl (C=O) groups excluding carboxylic acids is 2. The minimum atomic E-state index is -0.986. The molecule has 6 nitrogen and oxygen atoms in total. The average molecular weight is 549 g/mol. The van der Waals surface area contributed by atoms with Gasteiger partial charge in [-0.3, -0.25) is 14.5 Å². The summed E-state index contributed by atoms with van der Waals surface area (Å²) in [5.41, 5.74) is 5.11. The Morgan fingerprint density at radius 1 is 1.00 bits per heavy atom. The molecule has 0 bridgehead atoms. The number of hydrogen-bond donors (Lipinski definition) is 2. The fourth-order valence-electron chi connectivity index (χ4n) is 7.21. The van der Waals surface area contributed by atoms with Gasteiger partial charge in [0.25, 0.3) is 0 Å². The van der Waals surface area contributed by atoms with Crippen LogP contribution < -0.4 is 4.90 Å². The average Bonchev–Trinajstić information content (AvgIpc) is 3.22. The Morgan fingerprint density at radius 3 is 2.44 bits per heavy atom. The van der Waals surface area contributed by atoms with Gasteiger partial charge in [-0.2, -0.15) is 0 Å². The number of para-hydroxylation sites is 1. The van der Waals surface area contributed by atoms with Crippen molar-refractivity contribution in [1.82, 2.24) is 0 Å². The fraction of sp³-hybridized carbons (Fsp3) is 0.353. The Bertz CT molecular complexity index is 1560. The summed E-state index contributed by atoms with van der Waals surface area (Å²) >= 11 is 0. The second kappa shape index (κ2) is 11.0. The van der Waals surface area contributed by atoms with E-state index in [1.165, 1.54) is 10.5 Å². The molecule has 4 atom stereocenters. The lowest BCUT2D eigenvalue weighted by Crippen LogP contribution is -2.46. The van der Waals surface area contributed by atoms with E-state index in [9.17, 15) is 19.7 Å². The first kappa shape index (κ1) is 27.5. The molecule has 41 heavy (non-hydrogen) atoms. The Balaban J connectivity index is 1.29. The molecule has 2 heterocycles. The number of phenols is 1. The summed E-state index contributed by atoms with van der Waals surface area (Å²) in [6.45, 7) is 6.36. The molecule has 3 aromatic rings. The summed E-state index contributed by atoms with van der Waals surface area (Å²) in [6.07, 6.45) is 4.09. The number of amides is 2. The number of fused-ring (bicyclic) bond motifs is 4. The van der Waals surface area contributed by atoms with Crippen LogP contribution in [-0.2, 0) is 14.2 Å². The van der Waals surface area contributed by atoms with E-state index in [0.29, 0.717) is 24.8 Å². The third kappa shape index (κ3) is 4.91. The van der Waals surface area contributed by atoms with Crippen LogP contribution in [0.15, 0.2) is 83.4 Å². The van der Waals surface area contributed by atoms with Crippen LogP contribution in [0.5, 0.6) is 5.75 Å². The number of hydrogen-bond acceptors (Lipinski definition) is 5. The third-order valence-corrected chi connectivity index (χ3v) is 9.09. The Kier molecular flexibility index (Phi) is 7.35. The molecule has 6 rings (SSSR count). The highest BCUT2D eigenvalue weighted by Crippen LogP contribution is 2.52. The molecule has 0 radical (unpaired) electrons. The second-order valence-corrected chi connectivity index (χ2v) is 12.0. The first-order valence-electron chi connectivity index (χ1n) is 14.6. The van der Waals surface area contributed by atoms with Crippen molar-refractivity contribution in [2.24, 2.45) is 23.7 Å². The Hall–Kier alpha value is -3.68. The number of anilines is 1. The normalized spacial score (nSPS) is 24.9. The number of carbonyl (C=O) groups is 2. The molecule has 2 fully saturated rings. The van der Waals surface area contributed by atoms with Gasteiger partial charge in [-0.25, -0.2) is 0 Å². The molecule has 2 N–H and O–H groups in total. The van der Waals surface area contributed by atoms with Crippen LogP contribution >= 0.6 is 0 Å². The van der Waals surface area contributed by atoms with Gasteiger partial charge in [-0.1, -0.05) is 79.6 Å². The number of nitrogens with zero attached hydrogens (tertiary/aromatic N) is 1. The van der Waals surface area contributed by atoms with Crippen LogP contribution in [0.3, 0.4) is 0 Å².